The Morgan fingerprint density at radius 3 is 2.38 bits per heavy atom. The van der Waals surface area contributed by atoms with E-state index in [-0.39, 0.29) is 10.6 Å². The summed E-state index contributed by atoms with van der Waals surface area (Å²) in [4.78, 5) is 10.4. The number of nitrogens with zero attached hydrogens (tertiary/aromatic N) is 1. The molecule has 0 unspecified atom stereocenters. The van der Waals surface area contributed by atoms with Gasteiger partial charge in [-0.1, -0.05) is 49.4 Å². The van der Waals surface area contributed by atoms with Crippen LogP contribution < -0.4 is 4.74 Å². The van der Waals surface area contributed by atoms with Gasteiger partial charge in [0.05, 0.1) is 4.92 Å². The fraction of sp³-hybridized carbons (Fsp3) is 0.176. The van der Waals surface area contributed by atoms with Crippen LogP contribution in [0.15, 0.2) is 60.3 Å². The molecule has 0 N–H and O–H groups in total. The summed E-state index contributed by atoms with van der Waals surface area (Å²) in [6, 6.07) is 17.2. The Morgan fingerprint density at radius 2 is 1.81 bits per heavy atom. The van der Waals surface area contributed by atoms with Gasteiger partial charge in [0, 0.05) is 12.5 Å². The summed E-state index contributed by atoms with van der Waals surface area (Å²) in [6.07, 6.45) is 1.99. The highest BCUT2D eigenvalue weighted by atomic mass is 16.6. The molecule has 0 saturated carbocycles. The first-order chi connectivity index (χ1) is 10.2. The number of nitro groups is 1. The normalized spacial score (nSPS) is 11.2. The van der Waals surface area contributed by atoms with Crippen molar-refractivity contribution in [1.29, 1.82) is 0 Å². The maximum absolute atomic E-state index is 10.8. The van der Waals surface area contributed by atoms with Crippen LogP contribution in [0.1, 0.15) is 24.5 Å². The summed E-state index contributed by atoms with van der Waals surface area (Å²) >= 11 is 0. The Labute approximate surface area is 123 Å². The molecule has 0 spiro atoms. The fourth-order valence-corrected chi connectivity index (χ4v) is 1.88. The molecule has 21 heavy (non-hydrogen) atoms. The average molecular weight is 283 g/mol. The third-order valence-corrected chi connectivity index (χ3v) is 3.06. The van der Waals surface area contributed by atoms with Crippen LogP contribution in [-0.4, -0.2) is 4.92 Å². The number of ether oxygens (including phenoxy) is 1. The third kappa shape index (κ3) is 4.45. The van der Waals surface area contributed by atoms with E-state index in [2.05, 4.69) is 0 Å². The monoisotopic (exact) mass is 283 g/mol. The molecule has 2 aromatic carbocycles. The number of allylic oxidation sites excluding steroid dienone is 1. The zero-order valence-corrected chi connectivity index (χ0v) is 11.9. The van der Waals surface area contributed by atoms with Crippen molar-refractivity contribution >= 4 is 6.08 Å². The fourth-order valence-electron chi connectivity index (χ4n) is 1.88. The van der Waals surface area contributed by atoms with E-state index >= 15 is 0 Å². The van der Waals surface area contributed by atoms with Crippen molar-refractivity contribution in [3.8, 4) is 5.75 Å². The molecule has 0 saturated heterocycles. The average Bonchev–Trinajstić information content (AvgIpc) is 2.52. The minimum atomic E-state index is -0.347. The molecule has 0 aliphatic carbocycles. The second-order valence-corrected chi connectivity index (χ2v) is 4.59. The SMILES string of the molecule is CCC(=Cc1ccc(OCc2ccccc2)cc1)[N+](=O)[O-]. The molecule has 2 aromatic rings. The van der Waals surface area contributed by atoms with E-state index in [1.165, 1.54) is 0 Å². The topological polar surface area (TPSA) is 52.4 Å². The Kier molecular flexibility index (Phi) is 5.10. The summed E-state index contributed by atoms with van der Waals surface area (Å²) in [5.41, 5.74) is 2.10. The number of hydrogen-bond donors (Lipinski definition) is 0. The van der Waals surface area contributed by atoms with Gasteiger partial charge in [-0.25, -0.2) is 0 Å². The number of hydrogen-bond acceptors (Lipinski definition) is 3. The largest absolute Gasteiger partial charge is 0.489 e. The highest BCUT2D eigenvalue weighted by molar-refractivity contribution is 5.52. The molecule has 0 aromatic heterocycles. The molecule has 4 heteroatoms. The minimum Gasteiger partial charge on any atom is -0.489 e. The second kappa shape index (κ2) is 7.24. The van der Waals surface area contributed by atoms with Gasteiger partial charge in [0.25, 0.3) is 0 Å². The van der Waals surface area contributed by atoms with Crippen LogP contribution in [0, 0.1) is 10.1 Å². The van der Waals surface area contributed by atoms with Crippen molar-refractivity contribution in [1.82, 2.24) is 0 Å². The summed E-state index contributed by atoms with van der Waals surface area (Å²) in [7, 11) is 0. The second-order valence-electron chi connectivity index (χ2n) is 4.59. The molecular weight excluding hydrogens is 266 g/mol. The van der Waals surface area contributed by atoms with E-state index in [1.807, 2.05) is 54.6 Å². The van der Waals surface area contributed by atoms with Crippen LogP contribution in [0.25, 0.3) is 6.08 Å². The standard InChI is InChI=1S/C17H17NO3/c1-2-16(18(19)20)12-14-8-10-17(11-9-14)21-13-15-6-4-3-5-7-15/h3-12H,2,13H2,1H3. The zero-order chi connectivity index (χ0) is 15.1. The minimum absolute atomic E-state index is 0.202. The van der Waals surface area contributed by atoms with Crippen molar-refractivity contribution in [3.63, 3.8) is 0 Å². The van der Waals surface area contributed by atoms with Gasteiger partial charge >= 0.3 is 0 Å². The van der Waals surface area contributed by atoms with E-state index < -0.39 is 0 Å². The first kappa shape index (κ1) is 14.8. The van der Waals surface area contributed by atoms with E-state index in [1.54, 1.807) is 13.0 Å². The lowest BCUT2D eigenvalue weighted by atomic mass is 10.1. The first-order valence-electron chi connectivity index (χ1n) is 6.81. The van der Waals surface area contributed by atoms with Crippen molar-refractivity contribution in [2.45, 2.75) is 20.0 Å². The van der Waals surface area contributed by atoms with Gasteiger partial charge in [0.15, 0.2) is 0 Å². The van der Waals surface area contributed by atoms with Crippen LogP contribution in [0.5, 0.6) is 5.75 Å². The molecule has 2 rings (SSSR count). The smallest absolute Gasteiger partial charge is 0.246 e. The van der Waals surface area contributed by atoms with E-state index in [0.717, 1.165) is 16.9 Å². The van der Waals surface area contributed by atoms with Gasteiger partial charge in [0.2, 0.25) is 5.70 Å². The molecule has 0 amide bonds. The molecule has 0 aliphatic heterocycles. The van der Waals surface area contributed by atoms with Crippen LogP contribution >= 0.6 is 0 Å². The van der Waals surface area contributed by atoms with Crippen LogP contribution in [0.3, 0.4) is 0 Å². The molecule has 0 atom stereocenters. The maximum atomic E-state index is 10.8. The molecule has 0 aliphatic rings. The molecule has 0 fully saturated rings. The summed E-state index contributed by atoms with van der Waals surface area (Å²) in [5.74, 6) is 0.746. The summed E-state index contributed by atoms with van der Waals surface area (Å²) in [6.45, 7) is 2.27. The van der Waals surface area contributed by atoms with Crippen molar-refractivity contribution < 1.29 is 9.66 Å². The predicted octanol–water partition coefficient (Wildman–Crippen LogP) is 4.29. The molecule has 4 nitrogen and oxygen atoms in total. The van der Waals surface area contributed by atoms with Gasteiger partial charge in [-0.05, 0) is 23.3 Å². The highest BCUT2D eigenvalue weighted by Gasteiger charge is 2.06. The Balaban J connectivity index is 2.00. The summed E-state index contributed by atoms with van der Waals surface area (Å²) < 4.78 is 5.67. The van der Waals surface area contributed by atoms with E-state index in [4.69, 9.17) is 4.74 Å². The van der Waals surface area contributed by atoms with Gasteiger partial charge in [-0.2, -0.15) is 0 Å². The molecule has 0 bridgehead atoms. The van der Waals surface area contributed by atoms with Crippen molar-refractivity contribution in [2.75, 3.05) is 0 Å². The molecule has 0 radical (unpaired) electrons. The van der Waals surface area contributed by atoms with E-state index in [9.17, 15) is 10.1 Å². The third-order valence-electron chi connectivity index (χ3n) is 3.06. The van der Waals surface area contributed by atoms with Gasteiger partial charge < -0.3 is 4.74 Å². The molecule has 108 valence electrons. The Bertz CT molecular complexity index is 618. The van der Waals surface area contributed by atoms with Crippen molar-refractivity contribution in [3.05, 3.63) is 81.5 Å². The highest BCUT2D eigenvalue weighted by Crippen LogP contribution is 2.17. The lowest BCUT2D eigenvalue weighted by Crippen LogP contribution is -1.97. The number of benzene rings is 2. The molecular formula is C17H17NO3. The quantitative estimate of drug-likeness (QED) is 0.587. The van der Waals surface area contributed by atoms with Crippen LogP contribution in [0.2, 0.25) is 0 Å². The zero-order valence-electron chi connectivity index (χ0n) is 11.9. The van der Waals surface area contributed by atoms with Gasteiger partial charge in [-0.15, -0.1) is 0 Å². The van der Waals surface area contributed by atoms with Crippen molar-refractivity contribution in [2.24, 2.45) is 0 Å². The summed E-state index contributed by atoms with van der Waals surface area (Å²) in [5, 5.41) is 10.8. The molecule has 0 heterocycles. The lowest BCUT2D eigenvalue weighted by molar-refractivity contribution is -0.425. The van der Waals surface area contributed by atoms with Crippen LogP contribution in [-0.2, 0) is 6.61 Å². The lowest BCUT2D eigenvalue weighted by Gasteiger charge is -2.06. The van der Waals surface area contributed by atoms with Gasteiger partial charge in [-0.3, -0.25) is 10.1 Å². The van der Waals surface area contributed by atoms with E-state index in [0.29, 0.717) is 13.0 Å². The first-order valence-corrected chi connectivity index (χ1v) is 6.81. The van der Waals surface area contributed by atoms with Gasteiger partial charge in [0.1, 0.15) is 12.4 Å². The Morgan fingerprint density at radius 1 is 1.14 bits per heavy atom. The maximum Gasteiger partial charge on any atom is 0.246 e. The Hall–Kier alpha value is -2.62. The van der Waals surface area contributed by atoms with Crippen LogP contribution in [0.4, 0.5) is 0 Å². The predicted molar refractivity (Wildman–Crippen MR) is 82.5 cm³/mol. The number of rotatable bonds is 6.